The van der Waals surface area contributed by atoms with E-state index >= 15 is 0 Å². The number of halogens is 1. The fourth-order valence-electron chi connectivity index (χ4n) is 3.73. The molecule has 0 unspecified atom stereocenters. The number of imide groups is 1. The van der Waals surface area contributed by atoms with Crippen LogP contribution in [0.3, 0.4) is 0 Å². The maximum Gasteiger partial charge on any atom is 0.337 e. The highest BCUT2D eigenvalue weighted by molar-refractivity contribution is 6.53. The van der Waals surface area contributed by atoms with Crippen LogP contribution in [0.1, 0.15) is 20.7 Å². The second-order valence-electron chi connectivity index (χ2n) is 7.90. The molecule has 3 amide bonds. The summed E-state index contributed by atoms with van der Waals surface area (Å²) in [5.41, 5.74) is 1.31. The summed E-state index contributed by atoms with van der Waals surface area (Å²) in [4.78, 5) is 51.6. The monoisotopic (exact) mass is 535 g/mol. The van der Waals surface area contributed by atoms with Gasteiger partial charge in [0.1, 0.15) is 22.2 Å². The molecule has 2 N–H and O–H groups in total. The molecule has 1 aliphatic rings. The molecule has 0 spiro atoms. The molecule has 194 valence electrons. The van der Waals surface area contributed by atoms with Gasteiger partial charge in [-0.05, 0) is 48.5 Å². The zero-order valence-electron chi connectivity index (χ0n) is 20.5. The number of ether oxygens (including phenoxy) is 3. The SMILES string of the molecule is COC(=O)c1cccc(NC(=O)c2cccc(NC3=C(Cl)C(=O)N(c4ccc(OC)cc4OC)C3=O)c2)c1. The van der Waals surface area contributed by atoms with Gasteiger partial charge in [0.25, 0.3) is 17.7 Å². The van der Waals surface area contributed by atoms with Crippen molar-refractivity contribution >= 4 is 52.4 Å². The van der Waals surface area contributed by atoms with Crippen LogP contribution in [-0.4, -0.2) is 45.0 Å². The molecule has 0 aromatic heterocycles. The third-order valence-corrected chi connectivity index (χ3v) is 5.94. The first-order valence-electron chi connectivity index (χ1n) is 11.1. The van der Waals surface area contributed by atoms with E-state index < -0.39 is 23.7 Å². The molecule has 4 rings (SSSR count). The summed E-state index contributed by atoms with van der Waals surface area (Å²) in [5.74, 6) is -1.70. The van der Waals surface area contributed by atoms with Crippen molar-refractivity contribution in [3.63, 3.8) is 0 Å². The van der Waals surface area contributed by atoms with Crippen LogP contribution < -0.4 is 25.0 Å². The largest absolute Gasteiger partial charge is 0.497 e. The normalized spacial score (nSPS) is 12.9. The molecular weight excluding hydrogens is 514 g/mol. The number of rotatable bonds is 8. The maximum absolute atomic E-state index is 13.2. The van der Waals surface area contributed by atoms with Crippen LogP contribution in [0.2, 0.25) is 0 Å². The highest BCUT2D eigenvalue weighted by Gasteiger charge is 2.40. The third kappa shape index (κ3) is 5.16. The van der Waals surface area contributed by atoms with Gasteiger partial charge >= 0.3 is 5.97 Å². The fourth-order valence-corrected chi connectivity index (χ4v) is 3.94. The first kappa shape index (κ1) is 26.2. The number of methoxy groups -OCH3 is 3. The lowest BCUT2D eigenvalue weighted by Crippen LogP contribution is -2.32. The average molecular weight is 536 g/mol. The van der Waals surface area contributed by atoms with Crippen molar-refractivity contribution in [3.05, 3.63) is 88.6 Å². The lowest BCUT2D eigenvalue weighted by Gasteiger charge is -2.18. The third-order valence-electron chi connectivity index (χ3n) is 5.59. The minimum atomic E-state index is -0.734. The number of hydrogen-bond donors (Lipinski definition) is 2. The maximum atomic E-state index is 13.2. The van der Waals surface area contributed by atoms with E-state index in [0.29, 0.717) is 17.1 Å². The Morgan fingerprint density at radius 3 is 2.18 bits per heavy atom. The lowest BCUT2D eigenvalue weighted by atomic mass is 10.1. The van der Waals surface area contributed by atoms with Crippen molar-refractivity contribution < 1.29 is 33.4 Å². The number of amides is 3. The van der Waals surface area contributed by atoms with Crippen molar-refractivity contribution in [2.24, 2.45) is 0 Å². The minimum Gasteiger partial charge on any atom is -0.497 e. The Balaban J connectivity index is 1.54. The highest BCUT2D eigenvalue weighted by Crippen LogP contribution is 2.37. The van der Waals surface area contributed by atoms with Gasteiger partial charge in [0.15, 0.2) is 0 Å². The van der Waals surface area contributed by atoms with Crippen LogP contribution >= 0.6 is 11.6 Å². The standard InChI is InChI=1S/C27H22ClN3O7/c1-36-19-10-11-20(21(14-19)37-2)31-25(33)22(28)23(26(31)34)29-17-8-4-6-15(12-17)24(32)30-18-9-5-7-16(13-18)27(35)38-3/h4-14,29H,1-3H3,(H,30,32). The minimum absolute atomic E-state index is 0.155. The molecule has 0 radical (unpaired) electrons. The average Bonchev–Trinajstić information content (AvgIpc) is 3.15. The summed E-state index contributed by atoms with van der Waals surface area (Å²) in [5, 5.41) is 5.24. The van der Waals surface area contributed by atoms with Gasteiger partial charge in [0, 0.05) is 23.0 Å². The Kier molecular flexibility index (Phi) is 7.63. The molecule has 0 aliphatic carbocycles. The molecular formula is C27H22ClN3O7. The summed E-state index contributed by atoms with van der Waals surface area (Å²) in [7, 11) is 4.15. The van der Waals surface area contributed by atoms with Crippen LogP contribution in [0.4, 0.5) is 17.1 Å². The van der Waals surface area contributed by atoms with Gasteiger partial charge in [0.2, 0.25) is 0 Å². The second kappa shape index (κ2) is 11.1. The number of nitrogens with one attached hydrogen (secondary N) is 2. The molecule has 11 heteroatoms. The van der Waals surface area contributed by atoms with Crippen molar-refractivity contribution in [1.82, 2.24) is 0 Å². The summed E-state index contributed by atoms with van der Waals surface area (Å²) in [6.07, 6.45) is 0. The Morgan fingerprint density at radius 1 is 0.816 bits per heavy atom. The molecule has 0 fully saturated rings. The number of carbonyl (C=O) groups is 4. The van der Waals surface area contributed by atoms with E-state index in [1.54, 1.807) is 42.5 Å². The van der Waals surface area contributed by atoms with Crippen molar-refractivity contribution in [2.75, 3.05) is 36.9 Å². The van der Waals surface area contributed by atoms with Gasteiger partial charge in [0.05, 0.1) is 32.6 Å². The predicted octanol–water partition coefficient (Wildman–Crippen LogP) is 4.18. The van der Waals surface area contributed by atoms with Gasteiger partial charge in [-0.25, -0.2) is 9.69 Å². The summed E-state index contributed by atoms with van der Waals surface area (Å²) in [6, 6.07) is 17.2. The van der Waals surface area contributed by atoms with E-state index in [1.807, 2.05) is 0 Å². The molecule has 38 heavy (non-hydrogen) atoms. The summed E-state index contributed by atoms with van der Waals surface area (Å²) in [6.45, 7) is 0. The van der Waals surface area contributed by atoms with Crippen LogP contribution in [0.5, 0.6) is 11.5 Å². The van der Waals surface area contributed by atoms with E-state index in [2.05, 4.69) is 10.6 Å². The molecule has 3 aromatic rings. The van der Waals surface area contributed by atoms with Crippen LogP contribution in [0.25, 0.3) is 0 Å². The highest BCUT2D eigenvalue weighted by atomic mass is 35.5. The molecule has 1 aliphatic heterocycles. The van der Waals surface area contributed by atoms with Gasteiger partial charge in [-0.1, -0.05) is 23.7 Å². The van der Waals surface area contributed by atoms with Crippen molar-refractivity contribution in [1.29, 1.82) is 0 Å². The van der Waals surface area contributed by atoms with E-state index in [1.165, 1.54) is 45.6 Å². The summed E-state index contributed by atoms with van der Waals surface area (Å²) < 4.78 is 15.2. The molecule has 10 nitrogen and oxygen atoms in total. The number of esters is 1. The smallest absolute Gasteiger partial charge is 0.337 e. The Bertz CT molecular complexity index is 1480. The van der Waals surface area contributed by atoms with E-state index in [0.717, 1.165) is 4.90 Å². The molecule has 3 aromatic carbocycles. The first-order valence-corrected chi connectivity index (χ1v) is 11.5. The van der Waals surface area contributed by atoms with Crippen LogP contribution in [0.15, 0.2) is 77.5 Å². The fraction of sp³-hybridized carbons (Fsp3) is 0.111. The Labute approximate surface area is 222 Å². The Hall–Kier alpha value is -4.83. The van der Waals surface area contributed by atoms with E-state index in [9.17, 15) is 19.2 Å². The zero-order chi connectivity index (χ0) is 27.4. The van der Waals surface area contributed by atoms with Gasteiger partial charge in [-0.15, -0.1) is 0 Å². The first-order chi connectivity index (χ1) is 18.3. The van der Waals surface area contributed by atoms with E-state index in [-0.39, 0.29) is 33.3 Å². The number of hydrogen-bond acceptors (Lipinski definition) is 8. The molecule has 0 atom stereocenters. The molecule has 0 saturated heterocycles. The van der Waals surface area contributed by atoms with Crippen LogP contribution in [0, 0.1) is 0 Å². The van der Waals surface area contributed by atoms with Crippen molar-refractivity contribution in [2.45, 2.75) is 0 Å². The van der Waals surface area contributed by atoms with Crippen LogP contribution in [-0.2, 0) is 14.3 Å². The quantitative estimate of drug-likeness (QED) is 0.325. The van der Waals surface area contributed by atoms with Gasteiger partial charge in [-0.3, -0.25) is 14.4 Å². The lowest BCUT2D eigenvalue weighted by molar-refractivity contribution is -0.120. The van der Waals surface area contributed by atoms with Crippen molar-refractivity contribution in [3.8, 4) is 11.5 Å². The Morgan fingerprint density at radius 2 is 1.50 bits per heavy atom. The number of carbonyl (C=O) groups excluding carboxylic acids is 4. The van der Waals surface area contributed by atoms with Gasteiger partial charge in [-0.2, -0.15) is 0 Å². The zero-order valence-corrected chi connectivity index (χ0v) is 21.3. The number of benzene rings is 3. The predicted molar refractivity (Wildman–Crippen MR) is 141 cm³/mol. The second-order valence-corrected chi connectivity index (χ2v) is 8.28. The van der Waals surface area contributed by atoms with Gasteiger partial charge < -0.3 is 24.8 Å². The topological polar surface area (TPSA) is 123 Å². The van der Waals surface area contributed by atoms with E-state index in [4.69, 9.17) is 25.8 Å². The molecule has 1 heterocycles. The molecule has 0 bridgehead atoms. The number of anilines is 3. The number of nitrogens with zero attached hydrogens (tertiary/aromatic N) is 1. The summed E-state index contributed by atoms with van der Waals surface area (Å²) >= 11 is 6.26. The molecule has 0 saturated carbocycles.